The van der Waals surface area contributed by atoms with Crippen molar-refractivity contribution in [2.45, 2.75) is 32.4 Å². The van der Waals surface area contributed by atoms with E-state index in [1.165, 1.54) is 0 Å². The molecule has 0 aliphatic rings. The zero-order valence-electron chi connectivity index (χ0n) is 11.6. The maximum Gasteiger partial charge on any atom is 0.0954 e. The Kier molecular flexibility index (Phi) is 5.54. The second kappa shape index (κ2) is 7.18. The Morgan fingerprint density at radius 2 is 2.00 bits per heavy atom. The molecule has 0 saturated heterocycles. The molecular formula is C15H19ClN2OS. The van der Waals surface area contributed by atoms with Crippen LogP contribution in [0, 0.1) is 0 Å². The van der Waals surface area contributed by atoms with Crippen LogP contribution in [0.15, 0.2) is 29.6 Å². The molecule has 20 heavy (non-hydrogen) atoms. The highest BCUT2D eigenvalue weighted by atomic mass is 35.5. The van der Waals surface area contributed by atoms with Crippen LogP contribution in [0.4, 0.5) is 0 Å². The molecule has 2 rings (SSSR count). The molecule has 0 aliphatic heterocycles. The lowest BCUT2D eigenvalue weighted by Gasteiger charge is -2.11. The molecule has 0 radical (unpaired) electrons. The van der Waals surface area contributed by atoms with E-state index in [2.05, 4.69) is 29.5 Å². The van der Waals surface area contributed by atoms with E-state index in [4.69, 9.17) is 11.6 Å². The first-order valence-corrected chi connectivity index (χ1v) is 7.90. The van der Waals surface area contributed by atoms with E-state index in [0.29, 0.717) is 24.0 Å². The summed E-state index contributed by atoms with van der Waals surface area (Å²) in [4.78, 5) is 4.55. The van der Waals surface area contributed by atoms with Gasteiger partial charge in [0.05, 0.1) is 16.8 Å². The average Bonchev–Trinajstić information content (AvgIpc) is 2.88. The van der Waals surface area contributed by atoms with E-state index in [9.17, 15) is 5.11 Å². The highest BCUT2D eigenvalue weighted by molar-refractivity contribution is 7.09. The van der Waals surface area contributed by atoms with Gasteiger partial charge < -0.3 is 10.4 Å². The Morgan fingerprint density at radius 1 is 1.30 bits per heavy atom. The topological polar surface area (TPSA) is 45.2 Å². The fourth-order valence-corrected chi connectivity index (χ4v) is 2.77. The van der Waals surface area contributed by atoms with Gasteiger partial charge in [0.25, 0.3) is 0 Å². The third kappa shape index (κ3) is 4.28. The highest BCUT2D eigenvalue weighted by Crippen LogP contribution is 2.19. The van der Waals surface area contributed by atoms with Crippen molar-refractivity contribution in [2.24, 2.45) is 0 Å². The number of thiazole rings is 1. The molecule has 108 valence electrons. The molecule has 1 atom stereocenters. The summed E-state index contributed by atoms with van der Waals surface area (Å²) in [6, 6.07) is 7.26. The molecule has 0 fully saturated rings. The summed E-state index contributed by atoms with van der Waals surface area (Å²) in [5.41, 5.74) is 1.89. The molecule has 0 spiro atoms. The van der Waals surface area contributed by atoms with Gasteiger partial charge in [0, 0.05) is 29.4 Å². The first-order valence-electron chi connectivity index (χ1n) is 6.65. The molecule has 0 saturated carbocycles. The maximum atomic E-state index is 10.1. The molecule has 0 aliphatic carbocycles. The lowest BCUT2D eigenvalue weighted by Crippen LogP contribution is -2.21. The monoisotopic (exact) mass is 310 g/mol. The number of aliphatic hydroxyl groups is 1. The van der Waals surface area contributed by atoms with Crippen molar-refractivity contribution < 1.29 is 5.11 Å². The lowest BCUT2D eigenvalue weighted by atomic mass is 10.1. The Labute approximate surface area is 128 Å². The normalized spacial score (nSPS) is 12.8. The summed E-state index contributed by atoms with van der Waals surface area (Å²) >= 11 is 7.51. The quantitative estimate of drug-likeness (QED) is 0.854. The largest absolute Gasteiger partial charge is 0.387 e. The Morgan fingerprint density at radius 3 is 2.60 bits per heavy atom. The van der Waals surface area contributed by atoms with Gasteiger partial charge in [-0.25, -0.2) is 4.98 Å². The number of hydrogen-bond acceptors (Lipinski definition) is 4. The molecule has 1 aromatic carbocycles. The number of nitrogens with zero attached hydrogens (tertiary/aromatic N) is 1. The van der Waals surface area contributed by atoms with Gasteiger partial charge in [0.15, 0.2) is 0 Å². The van der Waals surface area contributed by atoms with Gasteiger partial charge in [0.1, 0.15) is 0 Å². The molecule has 1 heterocycles. The van der Waals surface area contributed by atoms with Crippen LogP contribution in [0.2, 0.25) is 5.02 Å². The van der Waals surface area contributed by atoms with Crippen molar-refractivity contribution in [3.8, 4) is 0 Å². The van der Waals surface area contributed by atoms with Crippen LogP contribution in [0.25, 0.3) is 0 Å². The molecule has 1 unspecified atom stereocenters. The van der Waals surface area contributed by atoms with E-state index in [-0.39, 0.29) is 0 Å². The predicted octanol–water partition coefficient (Wildman–Crippen LogP) is 3.74. The third-order valence-electron chi connectivity index (χ3n) is 2.96. The van der Waals surface area contributed by atoms with Crippen molar-refractivity contribution in [3.05, 3.63) is 50.9 Å². The Bertz CT molecular complexity index is 539. The Balaban J connectivity index is 1.81. The number of benzene rings is 1. The fraction of sp³-hybridized carbons (Fsp3) is 0.400. The first kappa shape index (κ1) is 15.4. The van der Waals surface area contributed by atoms with Gasteiger partial charge in [-0.3, -0.25) is 0 Å². The minimum atomic E-state index is -0.532. The minimum absolute atomic E-state index is 0.466. The number of nitrogens with one attached hydrogen (secondary N) is 1. The van der Waals surface area contributed by atoms with E-state index >= 15 is 0 Å². The fourth-order valence-electron chi connectivity index (χ4n) is 1.81. The average molecular weight is 311 g/mol. The maximum absolute atomic E-state index is 10.1. The van der Waals surface area contributed by atoms with Crippen LogP contribution in [0.5, 0.6) is 0 Å². The number of halogens is 1. The van der Waals surface area contributed by atoms with Gasteiger partial charge in [-0.1, -0.05) is 37.6 Å². The summed E-state index contributed by atoms with van der Waals surface area (Å²) < 4.78 is 0. The zero-order chi connectivity index (χ0) is 14.5. The second-order valence-corrected chi connectivity index (χ2v) is 6.36. The summed E-state index contributed by atoms with van der Waals surface area (Å²) in [6.07, 6.45) is -0.532. The molecule has 0 amide bonds. The van der Waals surface area contributed by atoms with Crippen molar-refractivity contribution in [3.63, 3.8) is 0 Å². The van der Waals surface area contributed by atoms with Crippen LogP contribution < -0.4 is 5.32 Å². The molecule has 2 N–H and O–H groups in total. The van der Waals surface area contributed by atoms with Crippen LogP contribution in [-0.4, -0.2) is 16.6 Å². The van der Waals surface area contributed by atoms with Crippen molar-refractivity contribution in [2.75, 3.05) is 6.54 Å². The van der Waals surface area contributed by atoms with Gasteiger partial charge in [0.2, 0.25) is 0 Å². The predicted molar refractivity (Wildman–Crippen MR) is 84.3 cm³/mol. The van der Waals surface area contributed by atoms with E-state index in [0.717, 1.165) is 16.3 Å². The smallest absolute Gasteiger partial charge is 0.0954 e. The van der Waals surface area contributed by atoms with Gasteiger partial charge in [-0.15, -0.1) is 11.3 Å². The molecule has 0 bridgehead atoms. The number of aromatic nitrogens is 1. The van der Waals surface area contributed by atoms with Crippen molar-refractivity contribution >= 4 is 22.9 Å². The van der Waals surface area contributed by atoms with Crippen molar-refractivity contribution in [1.82, 2.24) is 10.3 Å². The molecule has 3 nitrogen and oxygen atoms in total. The van der Waals surface area contributed by atoms with Crippen LogP contribution in [0.1, 0.15) is 42.1 Å². The van der Waals surface area contributed by atoms with Crippen LogP contribution in [-0.2, 0) is 6.54 Å². The summed E-state index contributed by atoms with van der Waals surface area (Å²) in [6.45, 7) is 5.45. The van der Waals surface area contributed by atoms with Gasteiger partial charge >= 0.3 is 0 Å². The molecule has 5 heteroatoms. The van der Waals surface area contributed by atoms with Crippen molar-refractivity contribution in [1.29, 1.82) is 0 Å². The summed E-state index contributed by atoms with van der Waals surface area (Å²) in [7, 11) is 0. The van der Waals surface area contributed by atoms with E-state index in [1.54, 1.807) is 23.5 Å². The SMILES string of the molecule is CC(C)c1nc(CNCC(O)c2ccc(Cl)cc2)cs1. The third-order valence-corrected chi connectivity index (χ3v) is 4.41. The number of rotatable bonds is 6. The lowest BCUT2D eigenvalue weighted by molar-refractivity contribution is 0.174. The second-order valence-electron chi connectivity index (χ2n) is 5.03. The van der Waals surface area contributed by atoms with Gasteiger partial charge in [-0.2, -0.15) is 0 Å². The molecule has 2 aromatic rings. The first-order chi connectivity index (χ1) is 9.56. The zero-order valence-corrected chi connectivity index (χ0v) is 13.2. The standard InChI is InChI=1S/C15H19ClN2OS/c1-10(2)15-18-13(9-20-15)7-17-8-14(19)11-3-5-12(16)6-4-11/h3-6,9-10,14,17,19H,7-8H2,1-2H3. The number of aliphatic hydroxyl groups excluding tert-OH is 1. The van der Waals surface area contributed by atoms with Crippen LogP contribution in [0.3, 0.4) is 0 Å². The minimum Gasteiger partial charge on any atom is -0.387 e. The van der Waals surface area contributed by atoms with Gasteiger partial charge in [-0.05, 0) is 17.7 Å². The molecule has 1 aromatic heterocycles. The molecular weight excluding hydrogens is 292 g/mol. The summed E-state index contributed by atoms with van der Waals surface area (Å²) in [5, 5.41) is 17.2. The number of hydrogen-bond donors (Lipinski definition) is 2. The Hall–Kier alpha value is -0.940. The van der Waals surface area contributed by atoms with Crippen LogP contribution >= 0.6 is 22.9 Å². The van der Waals surface area contributed by atoms with E-state index < -0.39 is 6.10 Å². The van der Waals surface area contributed by atoms with E-state index in [1.807, 2.05) is 12.1 Å². The summed E-state index contributed by atoms with van der Waals surface area (Å²) in [5.74, 6) is 0.466. The highest BCUT2D eigenvalue weighted by Gasteiger charge is 2.08.